The molecule has 15 heavy (non-hydrogen) atoms. The van der Waals surface area contributed by atoms with Crippen LogP contribution in [0.25, 0.3) is 0 Å². The van der Waals surface area contributed by atoms with Crippen LogP contribution in [0.2, 0.25) is 0 Å². The number of rotatable bonds is 4. The normalized spacial score (nSPS) is 20.9. The maximum Gasteiger partial charge on any atom is 0.325 e. The molecule has 0 aliphatic heterocycles. The number of nitrogens with two attached hydrogens (primary N) is 1. The molecule has 0 saturated heterocycles. The molecule has 1 fully saturated rings. The Bertz CT molecular complexity index is 230. The first-order valence-electron chi connectivity index (χ1n) is 5.83. The largest absolute Gasteiger partial charge is 0.461 e. The third-order valence-corrected chi connectivity index (χ3v) is 3.62. The van der Waals surface area contributed by atoms with Crippen LogP contribution in [0, 0.1) is 5.41 Å². The molecule has 88 valence electrons. The highest BCUT2D eigenvalue weighted by Crippen LogP contribution is 2.48. The Labute approximate surface area is 92.4 Å². The standard InChI is InChI=1S/C12H23NO2/c1-5-12(6-2)7-9(8-12)15-10(14)11(3,4)13/h9H,5-8,13H2,1-4H3. The van der Waals surface area contributed by atoms with E-state index in [4.69, 9.17) is 10.5 Å². The van der Waals surface area contributed by atoms with Crippen molar-refractivity contribution in [1.29, 1.82) is 0 Å². The second-order valence-electron chi connectivity index (χ2n) is 5.36. The van der Waals surface area contributed by atoms with E-state index in [-0.39, 0.29) is 12.1 Å². The van der Waals surface area contributed by atoms with Crippen molar-refractivity contribution < 1.29 is 9.53 Å². The molecule has 1 aliphatic carbocycles. The van der Waals surface area contributed by atoms with Gasteiger partial charge in [-0.2, -0.15) is 0 Å². The lowest BCUT2D eigenvalue weighted by molar-refractivity contribution is -0.167. The summed E-state index contributed by atoms with van der Waals surface area (Å²) in [5.74, 6) is -0.284. The van der Waals surface area contributed by atoms with Gasteiger partial charge in [0.2, 0.25) is 0 Å². The van der Waals surface area contributed by atoms with Crippen molar-refractivity contribution in [2.45, 2.75) is 65.0 Å². The first-order valence-corrected chi connectivity index (χ1v) is 5.83. The van der Waals surface area contributed by atoms with Crippen molar-refractivity contribution in [2.24, 2.45) is 11.1 Å². The fourth-order valence-corrected chi connectivity index (χ4v) is 2.12. The summed E-state index contributed by atoms with van der Waals surface area (Å²) in [6, 6.07) is 0. The van der Waals surface area contributed by atoms with E-state index in [1.165, 1.54) is 12.8 Å². The SMILES string of the molecule is CCC1(CC)CC(OC(=O)C(C)(C)N)C1. The van der Waals surface area contributed by atoms with Gasteiger partial charge in [-0.3, -0.25) is 4.79 Å². The predicted molar refractivity (Wildman–Crippen MR) is 60.4 cm³/mol. The van der Waals surface area contributed by atoms with Crippen LogP contribution in [0.1, 0.15) is 53.4 Å². The van der Waals surface area contributed by atoms with Crippen LogP contribution in [0.5, 0.6) is 0 Å². The Morgan fingerprint density at radius 3 is 2.20 bits per heavy atom. The molecule has 1 saturated carbocycles. The highest BCUT2D eigenvalue weighted by Gasteiger charge is 2.44. The van der Waals surface area contributed by atoms with Gasteiger partial charge in [-0.1, -0.05) is 26.7 Å². The van der Waals surface area contributed by atoms with Gasteiger partial charge in [0.1, 0.15) is 11.6 Å². The summed E-state index contributed by atoms with van der Waals surface area (Å²) < 4.78 is 5.35. The van der Waals surface area contributed by atoms with Crippen LogP contribution in [0.4, 0.5) is 0 Å². The lowest BCUT2D eigenvalue weighted by Crippen LogP contribution is -2.49. The second kappa shape index (κ2) is 4.12. The van der Waals surface area contributed by atoms with Crippen LogP contribution in [-0.4, -0.2) is 17.6 Å². The molecule has 2 N–H and O–H groups in total. The molecule has 1 rings (SSSR count). The zero-order valence-electron chi connectivity index (χ0n) is 10.3. The van der Waals surface area contributed by atoms with Crippen molar-refractivity contribution in [2.75, 3.05) is 0 Å². The zero-order valence-corrected chi connectivity index (χ0v) is 10.3. The summed E-state index contributed by atoms with van der Waals surface area (Å²) in [7, 11) is 0. The maximum absolute atomic E-state index is 11.5. The average Bonchev–Trinajstić information content (AvgIpc) is 2.08. The summed E-state index contributed by atoms with van der Waals surface area (Å²) in [6.45, 7) is 7.77. The minimum atomic E-state index is -0.864. The van der Waals surface area contributed by atoms with Crippen LogP contribution in [-0.2, 0) is 9.53 Å². The molecule has 0 amide bonds. The number of hydrogen-bond donors (Lipinski definition) is 1. The van der Waals surface area contributed by atoms with E-state index in [1.807, 2.05) is 0 Å². The minimum absolute atomic E-state index is 0.0974. The molecule has 0 heterocycles. The van der Waals surface area contributed by atoms with Crippen molar-refractivity contribution in [3.63, 3.8) is 0 Å². The summed E-state index contributed by atoms with van der Waals surface area (Å²) in [4.78, 5) is 11.5. The molecule has 3 nitrogen and oxygen atoms in total. The van der Waals surface area contributed by atoms with E-state index in [2.05, 4.69) is 13.8 Å². The smallest absolute Gasteiger partial charge is 0.325 e. The molecular formula is C12H23NO2. The molecular weight excluding hydrogens is 190 g/mol. The highest BCUT2D eigenvalue weighted by molar-refractivity contribution is 5.79. The Morgan fingerprint density at radius 1 is 1.40 bits per heavy atom. The van der Waals surface area contributed by atoms with E-state index in [0.29, 0.717) is 5.41 Å². The number of ether oxygens (including phenoxy) is 1. The maximum atomic E-state index is 11.5. The van der Waals surface area contributed by atoms with Gasteiger partial charge in [-0.15, -0.1) is 0 Å². The summed E-state index contributed by atoms with van der Waals surface area (Å²) in [5.41, 5.74) is 5.22. The summed E-state index contributed by atoms with van der Waals surface area (Å²) in [5, 5.41) is 0. The lowest BCUT2D eigenvalue weighted by Gasteiger charge is -2.46. The van der Waals surface area contributed by atoms with E-state index < -0.39 is 5.54 Å². The highest BCUT2D eigenvalue weighted by atomic mass is 16.5. The van der Waals surface area contributed by atoms with Gasteiger partial charge >= 0.3 is 5.97 Å². The van der Waals surface area contributed by atoms with Crippen molar-refractivity contribution >= 4 is 5.97 Å². The first-order chi connectivity index (χ1) is 6.83. The molecule has 0 spiro atoms. The summed E-state index contributed by atoms with van der Waals surface area (Å²) >= 11 is 0. The molecule has 0 aromatic heterocycles. The average molecular weight is 213 g/mol. The number of esters is 1. The van der Waals surface area contributed by atoms with Crippen LogP contribution >= 0.6 is 0 Å². The molecule has 0 radical (unpaired) electrons. The lowest BCUT2D eigenvalue weighted by atomic mass is 9.63. The first kappa shape index (κ1) is 12.5. The second-order valence-corrected chi connectivity index (χ2v) is 5.36. The fourth-order valence-electron chi connectivity index (χ4n) is 2.12. The van der Waals surface area contributed by atoms with E-state index >= 15 is 0 Å². The monoisotopic (exact) mass is 213 g/mol. The molecule has 0 unspecified atom stereocenters. The Morgan fingerprint density at radius 2 is 1.87 bits per heavy atom. The van der Waals surface area contributed by atoms with Gasteiger partial charge in [0, 0.05) is 0 Å². The van der Waals surface area contributed by atoms with Gasteiger partial charge in [-0.05, 0) is 32.1 Å². The fraction of sp³-hybridized carbons (Fsp3) is 0.917. The summed E-state index contributed by atoms with van der Waals surface area (Å²) in [6.07, 6.45) is 4.44. The van der Waals surface area contributed by atoms with Gasteiger partial charge in [0.05, 0.1) is 0 Å². The van der Waals surface area contributed by atoms with E-state index in [1.54, 1.807) is 13.8 Å². The Hall–Kier alpha value is -0.570. The van der Waals surface area contributed by atoms with Gasteiger partial charge in [0.15, 0.2) is 0 Å². The number of carbonyl (C=O) groups is 1. The van der Waals surface area contributed by atoms with Crippen LogP contribution in [0.15, 0.2) is 0 Å². The van der Waals surface area contributed by atoms with Crippen molar-refractivity contribution in [3.8, 4) is 0 Å². The third kappa shape index (κ3) is 2.71. The molecule has 1 aliphatic rings. The van der Waals surface area contributed by atoms with Crippen LogP contribution in [0.3, 0.4) is 0 Å². The molecule has 0 aromatic rings. The Kier molecular flexibility index (Phi) is 3.44. The molecule has 0 atom stereocenters. The molecule has 0 aromatic carbocycles. The van der Waals surface area contributed by atoms with Gasteiger partial charge < -0.3 is 10.5 Å². The Balaban J connectivity index is 2.38. The zero-order chi connectivity index (χ0) is 11.7. The molecule has 0 bridgehead atoms. The quantitative estimate of drug-likeness (QED) is 0.729. The van der Waals surface area contributed by atoms with Gasteiger partial charge in [0.25, 0.3) is 0 Å². The number of carbonyl (C=O) groups excluding carboxylic acids is 1. The number of hydrogen-bond acceptors (Lipinski definition) is 3. The van der Waals surface area contributed by atoms with Crippen molar-refractivity contribution in [3.05, 3.63) is 0 Å². The van der Waals surface area contributed by atoms with Crippen molar-refractivity contribution in [1.82, 2.24) is 0 Å². The van der Waals surface area contributed by atoms with Crippen LogP contribution < -0.4 is 5.73 Å². The van der Waals surface area contributed by atoms with E-state index in [9.17, 15) is 4.79 Å². The third-order valence-electron chi connectivity index (χ3n) is 3.62. The predicted octanol–water partition coefficient (Wildman–Crippen LogP) is 2.24. The molecule has 3 heteroatoms. The topological polar surface area (TPSA) is 52.3 Å². The minimum Gasteiger partial charge on any atom is -0.461 e. The van der Waals surface area contributed by atoms with E-state index in [0.717, 1.165) is 12.8 Å². The van der Waals surface area contributed by atoms with Gasteiger partial charge in [-0.25, -0.2) is 0 Å².